The molecule has 4 aliphatic rings. The number of rotatable bonds is 9. The van der Waals surface area contributed by atoms with Gasteiger partial charge in [0, 0.05) is 31.6 Å². The molecule has 35 heavy (non-hydrogen) atoms. The van der Waals surface area contributed by atoms with Crippen LogP contribution in [0.5, 0.6) is 0 Å². The van der Waals surface area contributed by atoms with Crippen molar-refractivity contribution in [2.45, 2.75) is 142 Å². The number of carbonyl (C=O) groups is 2. The lowest BCUT2D eigenvalue weighted by Crippen LogP contribution is -2.57. The number of fused-ring (bicyclic) bond motifs is 5. The largest absolute Gasteiger partial charge is 0.462 e. The standard InChI is InChI=1S/C30H50O5/c1-6-7-8-9-10-11-12-22-13-14-24-26-25(16-17-28(22,24)4)29(5)18-15-23(34-20(2)31)19-30(29,33)27(26)35-21(3)32/h22-27,33H,6-19H2,1-5H3/t22-,23-,24-,25-,26-,27-,28+,29+,30+/m0/s1. The number of hydrogen-bond donors (Lipinski definition) is 1. The summed E-state index contributed by atoms with van der Waals surface area (Å²) in [7, 11) is 0. The molecule has 0 radical (unpaired) electrons. The van der Waals surface area contributed by atoms with E-state index < -0.39 is 11.7 Å². The highest BCUT2D eigenvalue weighted by Gasteiger charge is 2.73. The summed E-state index contributed by atoms with van der Waals surface area (Å²) in [6.07, 6.45) is 15.2. The molecule has 0 aromatic rings. The first kappa shape index (κ1) is 26.9. The Morgan fingerprint density at radius 3 is 2.23 bits per heavy atom. The molecule has 4 aliphatic carbocycles. The van der Waals surface area contributed by atoms with Gasteiger partial charge in [0.1, 0.15) is 17.8 Å². The Morgan fingerprint density at radius 2 is 1.54 bits per heavy atom. The van der Waals surface area contributed by atoms with Crippen LogP contribution >= 0.6 is 0 Å². The van der Waals surface area contributed by atoms with Crippen LogP contribution in [0.3, 0.4) is 0 Å². The van der Waals surface area contributed by atoms with Crippen LogP contribution in [0.2, 0.25) is 0 Å². The van der Waals surface area contributed by atoms with Gasteiger partial charge in [0.2, 0.25) is 0 Å². The van der Waals surface area contributed by atoms with Gasteiger partial charge >= 0.3 is 11.9 Å². The number of carbonyl (C=O) groups excluding carboxylic acids is 2. The molecule has 0 saturated heterocycles. The molecule has 0 heterocycles. The molecule has 0 aromatic heterocycles. The van der Waals surface area contributed by atoms with Crippen LogP contribution < -0.4 is 0 Å². The Bertz CT molecular complexity index is 781. The second-order valence-electron chi connectivity index (χ2n) is 13.0. The highest BCUT2D eigenvalue weighted by atomic mass is 16.6. The molecule has 0 unspecified atom stereocenters. The van der Waals surface area contributed by atoms with Gasteiger partial charge in [-0.1, -0.05) is 59.3 Å². The quantitative estimate of drug-likeness (QED) is 0.291. The predicted octanol–water partition coefficient (Wildman–Crippen LogP) is 6.59. The zero-order valence-electron chi connectivity index (χ0n) is 22.9. The van der Waals surface area contributed by atoms with Crippen molar-refractivity contribution in [2.75, 3.05) is 0 Å². The van der Waals surface area contributed by atoms with Crippen LogP contribution in [0, 0.1) is 34.5 Å². The summed E-state index contributed by atoms with van der Waals surface area (Å²) in [6, 6.07) is 0. The maximum Gasteiger partial charge on any atom is 0.303 e. The van der Waals surface area contributed by atoms with Crippen LogP contribution in [0.15, 0.2) is 0 Å². The third-order valence-corrected chi connectivity index (χ3v) is 11.2. The molecule has 9 atom stereocenters. The third-order valence-electron chi connectivity index (χ3n) is 11.2. The molecule has 5 nitrogen and oxygen atoms in total. The zero-order valence-corrected chi connectivity index (χ0v) is 22.9. The van der Waals surface area contributed by atoms with Gasteiger partial charge in [0.15, 0.2) is 0 Å². The van der Waals surface area contributed by atoms with E-state index in [2.05, 4.69) is 20.8 Å². The van der Waals surface area contributed by atoms with Crippen molar-refractivity contribution in [1.82, 2.24) is 0 Å². The number of esters is 2. The summed E-state index contributed by atoms with van der Waals surface area (Å²) < 4.78 is 11.6. The number of unbranched alkanes of at least 4 members (excludes halogenated alkanes) is 5. The second-order valence-corrected chi connectivity index (χ2v) is 13.0. The summed E-state index contributed by atoms with van der Waals surface area (Å²) in [5.74, 6) is 1.14. The fourth-order valence-corrected chi connectivity index (χ4v) is 9.43. The summed E-state index contributed by atoms with van der Waals surface area (Å²) in [4.78, 5) is 24.0. The minimum Gasteiger partial charge on any atom is -0.462 e. The van der Waals surface area contributed by atoms with E-state index in [0.717, 1.165) is 25.2 Å². The summed E-state index contributed by atoms with van der Waals surface area (Å²) in [5.41, 5.74) is -1.19. The van der Waals surface area contributed by atoms with E-state index >= 15 is 0 Å². The van der Waals surface area contributed by atoms with Gasteiger partial charge in [0.05, 0.1) is 0 Å². The minimum absolute atomic E-state index is 0.193. The lowest BCUT2D eigenvalue weighted by atomic mass is 9.54. The van der Waals surface area contributed by atoms with Gasteiger partial charge in [-0.2, -0.15) is 0 Å². The van der Waals surface area contributed by atoms with Gasteiger partial charge in [-0.3, -0.25) is 9.59 Å². The second kappa shape index (κ2) is 10.3. The molecule has 0 aliphatic heterocycles. The Morgan fingerprint density at radius 1 is 0.857 bits per heavy atom. The van der Waals surface area contributed by atoms with Gasteiger partial charge in [-0.15, -0.1) is 0 Å². The average Bonchev–Trinajstić information content (AvgIpc) is 3.20. The fourth-order valence-electron chi connectivity index (χ4n) is 9.43. The Balaban J connectivity index is 1.55. The molecule has 4 rings (SSSR count). The normalized spacial score (nSPS) is 44.3. The highest BCUT2D eigenvalue weighted by molar-refractivity contribution is 5.67. The maximum absolute atomic E-state index is 12.3. The molecule has 0 aromatic carbocycles. The van der Waals surface area contributed by atoms with Crippen molar-refractivity contribution in [3.8, 4) is 0 Å². The number of aliphatic hydroxyl groups is 1. The van der Waals surface area contributed by atoms with E-state index in [1.807, 2.05) is 0 Å². The Labute approximate surface area is 213 Å². The Hall–Kier alpha value is -1.10. The zero-order chi connectivity index (χ0) is 25.4. The summed E-state index contributed by atoms with van der Waals surface area (Å²) in [6.45, 7) is 9.90. The molecule has 0 spiro atoms. The maximum atomic E-state index is 12.3. The Kier molecular flexibility index (Phi) is 7.96. The van der Waals surface area contributed by atoms with Gasteiger partial charge < -0.3 is 14.6 Å². The molecular weight excluding hydrogens is 440 g/mol. The van der Waals surface area contributed by atoms with Crippen LogP contribution in [-0.2, 0) is 19.1 Å². The van der Waals surface area contributed by atoms with Crippen molar-refractivity contribution in [3.05, 3.63) is 0 Å². The molecule has 200 valence electrons. The summed E-state index contributed by atoms with van der Waals surface area (Å²) >= 11 is 0. The molecule has 0 amide bonds. The topological polar surface area (TPSA) is 72.8 Å². The molecular formula is C30H50O5. The van der Waals surface area contributed by atoms with Crippen molar-refractivity contribution < 1.29 is 24.2 Å². The van der Waals surface area contributed by atoms with Gasteiger partial charge in [-0.05, 0) is 68.1 Å². The smallest absolute Gasteiger partial charge is 0.303 e. The van der Waals surface area contributed by atoms with E-state index in [1.165, 1.54) is 78.1 Å². The monoisotopic (exact) mass is 490 g/mol. The molecule has 5 heteroatoms. The van der Waals surface area contributed by atoms with E-state index in [1.54, 1.807) is 0 Å². The fraction of sp³-hybridized carbons (Fsp3) is 0.933. The van der Waals surface area contributed by atoms with Crippen molar-refractivity contribution >= 4 is 11.9 Å². The van der Waals surface area contributed by atoms with Crippen LogP contribution in [0.25, 0.3) is 0 Å². The lowest BCUT2D eigenvalue weighted by Gasteiger charge is -2.51. The van der Waals surface area contributed by atoms with E-state index in [9.17, 15) is 14.7 Å². The average molecular weight is 491 g/mol. The van der Waals surface area contributed by atoms with Crippen molar-refractivity contribution in [1.29, 1.82) is 0 Å². The number of ether oxygens (including phenoxy) is 2. The third kappa shape index (κ3) is 4.68. The first-order valence-corrected chi connectivity index (χ1v) is 14.6. The first-order chi connectivity index (χ1) is 16.6. The highest BCUT2D eigenvalue weighted by Crippen LogP contribution is 2.71. The minimum atomic E-state index is -1.14. The van der Waals surface area contributed by atoms with E-state index in [4.69, 9.17) is 9.47 Å². The predicted molar refractivity (Wildman–Crippen MR) is 137 cm³/mol. The number of hydrogen-bond acceptors (Lipinski definition) is 5. The van der Waals surface area contributed by atoms with Gasteiger partial charge in [0.25, 0.3) is 0 Å². The molecule has 4 saturated carbocycles. The van der Waals surface area contributed by atoms with Crippen LogP contribution in [0.4, 0.5) is 0 Å². The van der Waals surface area contributed by atoms with Crippen LogP contribution in [-0.4, -0.2) is 34.9 Å². The molecule has 0 bridgehead atoms. The van der Waals surface area contributed by atoms with Crippen molar-refractivity contribution in [3.63, 3.8) is 0 Å². The van der Waals surface area contributed by atoms with E-state index in [-0.39, 0.29) is 34.8 Å². The van der Waals surface area contributed by atoms with Crippen molar-refractivity contribution in [2.24, 2.45) is 34.5 Å². The summed E-state index contributed by atoms with van der Waals surface area (Å²) in [5, 5.41) is 12.3. The van der Waals surface area contributed by atoms with E-state index in [0.29, 0.717) is 18.3 Å². The first-order valence-electron chi connectivity index (χ1n) is 14.6. The van der Waals surface area contributed by atoms with Gasteiger partial charge in [-0.25, -0.2) is 0 Å². The van der Waals surface area contributed by atoms with Crippen LogP contribution in [0.1, 0.15) is 125 Å². The SMILES string of the molecule is CCCCCCCC[C@H]1CC[C@H]2[C@@H]3[C@H](OC(C)=O)[C@]4(O)C[C@@H](OC(C)=O)CC[C@]4(C)[C@H]3CC[C@]12C. The molecule has 1 N–H and O–H groups in total. The lowest BCUT2D eigenvalue weighted by molar-refractivity contribution is -0.200. The molecule has 4 fully saturated rings.